The highest BCUT2D eigenvalue weighted by Crippen LogP contribution is 2.21. The summed E-state index contributed by atoms with van der Waals surface area (Å²) in [5.74, 6) is -1.76. The van der Waals surface area contributed by atoms with Crippen LogP contribution in [-0.2, 0) is 0 Å². The van der Waals surface area contributed by atoms with Crippen molar-refractivity contribution in [2.24, 2.45) is 0 Å². The molecule has 1 aromatic heterocycles. The van der Waals surface area contributed by atoms with Crippen molar-refractivity contribution >= 4 is 23.3 Å². The molecule has 0 saturated heterocycles. The topological polar surface area (TPSA) is 20.7 Å². The Labute approximate surface area is 113 Å². The maximum atomic E-state index is 13.3. The molecule has 1 N–H and O–H groups in total. The van der Waals surface area contributed by atoms with Crippen molar-refractivity contribution in [3.8, 4) is 5.69 Å². The minimum absolute atomic E-state index is 0.451. The van der Waals surface area contributed by atoms with Crippen LogP contribution in [0.5, 0.6) is 0 Å². The van der Waals surface area contributed by atoms with Crippen molar-refractivity contribution in [2.75, 3.05) is 0 Å². The van der Waals surface area contributed by atoms with E-state index in [0.29, 0.717) is 10.5 Å². The van der Waals surface area contributed by atoms with Gasteiger partial charge in [-0.05, 0) is 49.0 Å². The van der Waals surface area contributed by atoms with Crippen LogP contribution < -0.4 is 0 Å². The van der Waals surface area contributed by atoms with Crippen LogP contribution in [0.4, 0.5) is 8.78 Å². The van der Waals surface area contributed by atoms with Gasteiger partial charge in [-0.25, -0.2) is 8.78 Å². The Morgan fingerprint density at radius 1 is 1.05 bits per heavy atom. The Bertz CT molecular complexity index is 833. The van der Waals surface area contributed by atoms with Gasteiger partial charge in [-0.3, -0.25) is 4.57 Å². The van der Waals surface area contributed by atoms with Crippen molar-refractivity contribution in [3.05, 3.63) is 58.4 Å². The van der Waals surface area contributed by atoms with E-state index in [1.807, 2.05) is 25.1 Å². The van der Waals surface area contributed by atoms with Gasteiger partial charge in [0.25, 0.3) is 0 Å². The second-order valence-electron chi connectivity index (χ2n) is 4.38. The van der Waals surface area contributed by atoms with Gasteiger partial charge in [0.15, 0.2) is 16.4 Å². The fourth-order valence-electron chi connectivity index (χ4n) is 2.11. The molecule has 0 aliphatic carbocycles. The van der Waals surface area contributed by atoms with Crippen molar-refractivity contribution < 1.29 is 8.78 Å². The number of aryl methyl sites for hydroxylation is 1. The van der Waals surface area contributed by atoms with Gasteiger partial charge >= 0.3 is 0 Å². The number of aromatic amines is 1. The van der Waals surface area contributed by atoms with Crippen LogP contribution in [0, 0.1) is 23.3 Å². The zero-order valence-electron chi connectivity index (χ0n) is 10.1. The Morgan fingerprint density at radius 2 is 1.84 bits per heavy atom. The van der Waals surface area contributed by atoms with E-state index in [1.54, 1.807) is 4.57 Å². The Balaban J connectivity index is 2.32. The van der Waals surface area contributed by atoms with Gasteiger partial charge in [-0.1, -0.05) is 6.07 Å². The fourth-order valence-corrected chi connectivity index (χ4v) is 2.42. The highest BCUT2D eigenvalue weighted by atomic mass is 32.1. The van der Waals surface area contributed by atoms with Gasteiger partial charge in [0.1, 0.15) is 0 Å². The summed E-state index contributed by atoms with van der Waals surface area (Å²) in [5, 5.41) is 0. The van der Waals surface area contributed by atoms with Gasteiger partial charge in [-0.2, -0.15) is 0 Å². The van der Waals surface area contributed by atoms with Crippen molar-refractivity contribution in [3.63, 3.8) is 0 Å². The molecule has 3 aromatic rings. The van der Waals surface area contributed by atoms with Gasteiger partial charge in [0.05, 0.1) is 16.7 Å². The van der Waals surface area contributed by atoms with Crippen molar-refractivity contribution in [2.45, 2.75) is 6.92 Å². The van der Waals surface area contributed by atoms with Crippen LogP contribution >= 0.6 is 12.2 Å². The molecule has 96 valence electrons. The molecule has 1 heterocycles. The molecule has 0 saturated carbocycles. The maximum absolute atomic E-state index is 13.3. The first-order valence-electron chi connectivity index (χ1n) is 5.73. The quantitative estimate of drug-likeness (QED) is 0.658. The number of H-pyrrole nitrogens is 1. The third kappa shape index (κ3) is 1.96. The first-order valence-corrected chi connectivity index (χ1v) is 6.14. The van der Waals surface area contributed by atoms with E-state index in [-0.39, 0.29) is 0 Å². The zero-order valence-corrected chi connectivity index (χ0v) is 10.9. The second kappa shape index (κ2) is 4.28. The number of hydrogen-bond donors (Lipinski definition) is 1. The van der Waals surface area contributed by atoms with E-state index in [0.717, 1.165) is 28.7 Å². The summed E-state index contributed by atoms with van der Waals surface area (Å²) < 4.78 is 28.5. The molecule has 0 bridgehead atoms. The molecule has 0 unspecified atom stereocenters. The van der Waals surface area contributed by atoms with Crippen molar-refractivity contribution in [1.29, 1.82) is 0 Å². The van der Waals surface area contributed by atoms with E-state index in [9.17, 15) is 8.78 Å². The third-order valence-corrected chi connectivity index (χ3v) is 3.28. The van der Waals surface area contributed by atoms with Crippen LogP contribution in [0.1, 0.15) is 5.56 Å². The molecule has 0 aliphatic heterocycles. The molecule has 2 aromatic carbocycles. The molecule has 5 heteroatoms. The van der Waals surface area contributed by atoms with Crippen molar-refractivity contribution in [1.82, 2.24) is 9.55 Å². The first-order chi connectivity index (χ1) is 9.06. The second-order valence-corrected chi connectivity index (χ2v) is 4.77. The molecular weight excluding hydrogens is 266 g/mol. The lowest BCUT2D eigenvalue weighted by Gasteiger charge is -2.05. The van der Waals surface area contributed by atoms with Crippen LogP contribution in [0.2, 0.25) is 0 Å². The van der Waals surface area contributed by atoms with Crippen LogP contribution in [0.3, 0.4) is 0 Å². The molecule has 0 fully saturated rings. The summed E-state index contributed by atoms with van der Waals surface area (Å²) in [6.07, 6.45) is 0. The summed E-state index contributed by atoms with van der Waals surface area (Å²) in [5.41, 5.74) is 3.30. The SMILES string of the molecule is Cc1ccc2c(c1)[nH]c(=S)n2-c1ccc(F)c(F)c1. The van der Waals surface area contributed by atoms with E-state index >= 15 is 0 Å². The third-order valence-electron chi connectivity index (χ3n) is 3.00. The number of nitrogens with zero attached hydrogens (tertiary/aromatic N) is 1. The zero-order chi connectivity index (χ0) is 13.6. The number of halogens is 2. The van der Waals surface area contributed by atoms with E-state index in [4.69, 9.17) is 12.2 Å². The molecule has 2 nitrogen and oxygen atoms in total. The average molecular weight is 276 g/mol. The summed E-state index contributed by atoms with van der Waals surface area (Å²) in [6, 6.07) is 9.54. The summed E-state index contributed by atoms with van der Waals surface area (Å²) >= 11 is 5.25. The molecule has 0 atom stereocenters. The highest BCUT2D eigenvalue weighted by molar-refractivity contribution is 7.71. The molecule has 19 heavy (non-hydrogen) atoms. The minimum Gasteiger partial charge on any atom is -0.330 e. The Morgan fingerprint density at radius 3 is 2.58 bits per heavy atom. The predicted octanol–water partition coefficient (Wildman–Crippen LogP) is 4.27. The summed E-state index contributed by atoms with van der Waals surface area (Å²) in [6.45, 7) is 1.98. The summed E-state index contributed by atoms with van der Waals surface area (Å²) in [4.78, 5) is 3.06. The van der Waals surface area contributed by atoms with Gasteiger partial charge in [0, 0.05) is 6.07 Å². The summed E-state index contributed by atoms with van der Waals surface area (Å²) in [7, 11) is 0. The number of benzene rings is 2. The molecule has 0 aliphatic rings. The number of fused-ring (bicyclic) bond motifs is 1. The van der Waals surface area contributed by atoms with Gasteiger partial charge in [-0.15, -0.1) is 0 Å². The number of imidazole rings is 1. The normalized spacial score (nSPS) is 11.1. The highest BCUT2D eigenvalue weighted by Gasteiger charge is 2.09. The number of hydrogen-bond acceptors (Lipinski definition) is 1. The molecule has 0 spiro atoms. The first kappa shape index (κ1) is 12.0. The Hall–Kier alpha value is -2.01. The minimum atomic E-state index is -0.888. The largest absolute Gasteiger partial charge is 0.330 e. The number of rotatable bonds is 1. The lowest BCUT2D eigenvalue weighted by molar-refractivity contribution is 0.508. The molecule has 0 radical (unpaired) electrons. The number of aromatic nitrogens is 2. The fraction of sp³-hybridized carbons (Fsp3) is 0.0714. The monoisotopic (exact) mass is 276 g/mol. The van der Waals surface area contributed by atoms with E-state index in [1.165, 1.54) is 6.07 Å². The van der Waals surface area contributed by atoms with Gasteiger partial charge in [0.2, 0.25) is 0 Å². The molecule has 3 rings (SSSR count). The standard InChI is InChI=1S/C14H10F2N2S/c1-8-2-5-13-12(6-8)17-14(19)18(13)9-3-4-10(15)11(16)7-9/h2-7H,1H3,(H,17,19). The van der Waals surface area contributed by atoms with Crippen LogP contribution in [-0.4, -0.2) is 9.55 Å². The van der Waals surface area contributed by atoms with Gasteiger partial charge < -0.3 is 4.98 Å². The predicted molar refractivity (Wildman–Crippen MR) is 73.1 cm³/mol. The lowest BCUT2D eigenvalue weighted by atomic mass is 10.2. The smallest absolute Gasteiger partial charge is 0.182 e. The van der Waals surface area contributed by atoms with Crippen LogP contribution in [0.25, 0.3) is 16.7 Å². The average Bonchev–Trinajstić information content (AvgIpc) is 2.68. The number of nitrogens with one attached hydrogen (secondary N) is 1. The molecular formula is C14H10F2N2S. The maximum Gasteiger partial charge on any atom is 0.182 e. The lowest BCUT2D eigenvalue weighted by Crippen LogP contribution is -1.96. The van der Waals surface area contributed by atoms with E-state index in [2.05, 4.69) is 4.98 Å². The molecule has 0 amide bonds. The van der Waals surface area contributed by atoms with Crippen LogP contribution in [0.15, 0.2) is 36.4 Å². The Kier molecular flexibility index (Phi) is 2.71. The van der Waals surface area contributed by atoms with E-state index < -0.39 is 11.6 Å².